The van der Waals surface area contributed by atoms with Crippen molar-refractivity contribution in [2.45, 2.75) is 19.4 Å². The van der Waals surface area contributed by atoms with Gasteiger partial charge in [-0.2, -0.15) is 0 Å². The molecule has 24 heavy (non-hydrogen) atoms. The van der Waals surface area contributed by atoms with Gasteiger partial charge in [0.05, 0.1) is 13.0 Å². The second-order valence-corrected chi connectivity index (χ2v) is 6.37. The van der Waals surface area contributed by atoms with E-state index in [4.69, 9.17) is 4.74 Å². The van der Waals surface area contributed by atoms with Crippen LogP contribution in [0, 0.1) is 6.92 Å². The van der Waals surface area contributed by atoms with Crippen molar-refractivity contribution in [2.24, 2.45) is 0 Å². The molecule has 2 amide bonds. The summed E-state index contributed by atoms with van der Waals surface area (Å²) in [4.78, 5) is 28.6. The van der Waals surface area contributed by atoms with Gasteiger partial charge >= 0.3 is 0 Å². The van der Waals surface area contributed by atoms with E-state index in [0.29, 0.717) is 45.8 Å². The Balaban J connectivity index is 1.50. The van der Waals surface area contributed by atoms with Gasteiger partial charge in [0.25, 0.3) is 5.91 Å². The highest BCUT2D eigenvalue weighted by Gasteiger charge is 2.30. The summed E-state index contributed by atoms with van der Waals surface area (Å²) in [6.07, 6.45) is 0.0454. The molecule has 2 fully saturated rings. The molecule has 0 aromatic heterocycles. The summed E-state index contributed by atoms with van der Waals surface area (Å²) < 4.78 is 5.53. The van der Waals surface area contributed by atoms with Gasteiger partial charge in [-0.3, -0.25) is 9.59 Å². The third-order valence-electron chi connectivity index (χ3n) is 4.75. The van der Waals surface area contributed by atoms with Crippen molar-refractivity contribution in [3.05, 3.63) is 35.4 Å². The number of aryl methyl sites for hydroxylation is 1. The normalized spacial score (nSPS) is 21.6. The summed E-state index contributed by atoms with van der Waals surface area (Å²) in [5, 5.41) is 3.18. The molecule has 1 aromatic rings. The van der Waals surface area contributed by atoms with Crippen LogP contribution in [0.1, 0.15) is 11.1 Å². The lowest BCUT2D eigenvalue weighted by molar-refractivity contribution is -0.149. The van der Waals surface area contributed by atoms with Crippen LogP contribution in [0.2, 0.25) is 0 Å². The fourth-order valence-electron chi connectivity index (χ4n) is 3.19. The summed E-state index contributed by atoms with van der Waals surface area (Å²) >= 11 is 0. The maximum atomic E-state index is 12.5. The Hall–Kier alpha value is -1.92. The Bertz CT molecular complexity index is 591. The predicted octanol–water partition coefficient (Wildman–Crippen LogP) is 0.197. The van der Waals surface area contributed by atoms with Crippen molar-refractivity contribution < 1.29 is 14.3 Å². The Labute approximate surface area is 142 Å². The number of hydrogen-bond donors (Lipinski definition) is 1. The molecule has 3 rings (SSSR count). The van der Waals surface area contributed by atoms with E-state index in [0.717, 1.165) is 17.7 Å². The SMILES string of the molecule is Cc1ccccc1CC(=O)N1CCN(C(=O)C2CNCCO2)CC1. The summed E-state index contributed by atoms with van der Waals surface area (Å²) in [6.45, 7) is 6.32. The fraction of sp³-hybridized carbons (Fsp3) is 0.556. The number of rotatable bonds is 3. The molecule has 2 aliphatic heterocycles. The molecule has 2 heterocycles. The van der Waals surface area contributed by atoms with Gasteiger partial charge in [0.15, 0.2) is 0 Å². The average molecular weight is 331 g/mol. The Morgan fingerprint density at radius 1 is 1.17 bits per heavy atom. The molecular formula is C18H25N3O3. The predicted molar refractivity (Wildman–Crippen MR) is 90.7 cm³/mol. The molecule has 1 N–H and O–H groups in total. The average Bonchev–Trinajstić information content (AvgIpc) is 2.64. The molecule has 6 heteroatoms. The molecule has 1 aromatic carbocycles. The van der Waals surface area contributed by atoms with Gasteiger partial charge in [-0.1, -0.05) is 24.3 Å². The van der Waals surface area contributed by atoms with Gasteiger partial charge in [0.1, 0.15) is 6.10 Å². The number of piperazine rings is 1. The first kappa shape index (κ1) is 16.9. The largest absolute Gasteiger partial charge is 0.366 e. The second kappa shape index (κ2) is 7.77. The number of amides is 2. The Morgan fingerprint density at radius 2 is 1.88 bits per heavy atom. The monoisotopic (exact) mass is 331 g/mol. The Morgan fingerprint density at radius 3 is 2.54 bits per heavy atom. The number of morpholine rings is 1. The van der Waals surface area contributed by atoms with Crippen LogP contribution in [-0.4, -0.2) is 73.6 Å². The lowest BCUT2D eigenvalue weighted by atomic mass is 10.1. The van der Waals surface area contributed by atoms with Crippen molar-refractivity contribution in [1.29, 1.82) is 0 Å². The first-order valence-corrected chi connectivity index (χ1v) is 8.58. The van der Waals surface area contributed by atoms with Gasteiger partial charge < -0.3 is 19.9 Å². The summed E-state index contributed by atoms with van der Waals surface area (Å²) in [7, 11) is 0. The highest BCUT2D eigenvalue weighted by atomic mass is 16.5. The van der Waals surface area contributed by atoms with Crippen LogP contribution in [0.25, 0.3) is 0 Å². The van der Waals surface area contributed by atoms with E-state index in [1.54, 1.807) is 0 Å². The van der Waals surface area contributed by atoms with Crippen LogP contribution < -0.4 is 5.32 Å². The minimum Gasteiger partial charge on any atom is -0.366 e. The van der Waals surface area contributed by atoms with Crippen molar-refractivity contribution >= 4 is 11.8 Å². The van der Waals surface area contributed by atoms with E-state index in [1.165, 1.54) is 0 Å². The topological polar surface area (TPSA) is 61.9 Å². The first-order chi connectivity index (χ1) is 11.6. The minimum absolute atomic E-state index is 0.0354. The molecule has 130 valence electrons. The van der Waals surface area contributed by atoms with Gasteiger partial charge in [-0.25, -0.2) is 0 Å². The zero-order chi connectivity index (χ0) is 16.9. The standard InChI is InChI=1S/C18H25N3O3/c1-14-4-2-3-5-15(14)12-17(22)20-7-9-21(10-8-20)18(23)16-13-19-6-11-24-16/h2-5,16,19H,6-13H2,1H3. The molecular weight excluding hydrogens is 306 g/mol. The van der Waals surface area contributed by atoms with Gasteiger partial charge in [0, 0.05) is 39.3 Å². The quantitative estimate of drug-likeness (QED) is 0.859. The van der Waals surface area contributed by atoms with E-state index in [9.17, 15) is 9.59 Å². The van der Waals surface area contributed by atoms with E-state index in [1.807, 2.05) is 41.0 Å². The van der Waals surface area contributed by atoms with Crippen LogP contribution in [0.4, 0.5) is 0 Å². The zero-order valence-electron chi connectivity index (χ0n) is 14.2. The van der Waals surface area contributed by atoms with E-state index < -0.39 is 0 Å². The minimum atomic E-state index is -0.382. The second-order valence-electron chi connectivity index (χ2n) is 6.37. The molecule has 0 spiro atoms. The van der Waals surface area contributed by atoms with Gasteiger partial charge in [-0.05, 0) is 18.1 Å². The van der Waals surface area contributed by atoms with E-state index >= 15 is 0 Å². The number of benzene rings is 1. The number of carbonyl (C=O) groups excluding carboxylic acids is 2. The zero-order valence-corrected chi connectivity index (χ0v) is 14.2. The number of hydrogen-bond acceptors (Lipinski definition) is 4. The molecule has 0 aliphatic carbocycles. The van der Waals surface area contributed by atoms with E-state index in [2.05, 4.69) is 5.32 Å². The van der Waals surface area contributed by atoms with Crippen molar-refractivity contribution in [2.75, 3.05) is 45.9 Å². The number of nitrogens with zero attached hydrogens (tertiary/aromatic N) is 2. The summed E-state index contributed by atoms with van der Waals surface area (Å²) in [6, 6.07) is 7.97. The number of nitrogens with one attached hydrogen (secondary N) is 1. The third kappa shape index (κ3) is 3.94. The molecule has 0 saturated carbocycles. The van der Waals surface area contributed by atoms with Crippen molar-refractivity contribution in [3.63, 3.8) is 0 Å². The third-order valence-corrected chi connectivity index (χ3v) is 4.75. The molecule has 6 nitrogen and oxygen atoms in total. The number of ether oxygens (including phenoxy) is 1. The Kier molecular flexibility index (Phi) is 5.48. The van der Waals surface area contributed by atoms with Gasteiger partial charge in [0.2, 0.25) is 5.91 Å². The highest BCUT2D eigenvalue weighted by Crippen LogP contribution is 2.12. The first-order valence-electron chi connectivity index (χ1n) is 8.58. The van der Waals surface area contributed by atoms with E-state index in [-0.39, 0.29) is 17.9 Å². The van der Waals surface area contributed by atoms with Crippen molar-refractivity contribution in [1.82, 2.24) is 15.1 Å². The molecule has 2 saturated heterocycles. The van der Waals surface area contributed by atoms with Crippen LogP contribution in [0.5, 0.6) is 0 Å². The smallest absolute Gasteiger partial charge is 0.253 e. The van der Waals surface area contributed by atoms with Crippen LogP contribution in [0.3, 0.4) is 0 Å². The molecule has 1 unspecified atom stereocenters. The lowest BCUT2D eigenvalue weighted by Gasteiger charge is -2.37. The maximum Gasteiger partial charge on any atom is 0.253 e. The summed E-state index contributed by atoms with van der Waals surface area (Å²) in [5.41, 5.74) is 2.21. The van der Waals surface area contributed by atoms with Crippen LogP contribution in [-0.2, 0) is 20.7 Å². The van der Waals surface area contributed by atoms with Crippen molar-refractivity contribution in [3.8, 4) is 0 Å². The molecule has 1 atom stereocenters. The molecule has 0 bridgehead atoms. The van der Waals surface area contributed by atoms with Crippen LogP contribution in [0.15, 0.2) is 24.3 Å². The fourth-order valence-corrected chi connectivity index (χ4v) is 3.19. The lowest BCUT2D eigenvalue weighted by Crippen LogP contribution is -2.56. The van der Waals surface area contributed by atoms with Gasteiger partial charge in [-0.15, -0.1) is 0 Å². The molecule has 2 aliphatic rings. The molecule has 0 radical (unpaired) electrons. The highest BCUT2D eigenvalue weighted by molar-refractivity contribution is 5.82. The van der Waals surface area contributed by atoms with Crippen LogP contribution >= 0.6 is 0 Å². The number of carbonyl (C=O) groups is 2. The maximum absolute atomic E-state index is 12.5. The summed E-state index contributed by atoms with van der Waals surface area (Å²) in [5.74, 6) is 0.167.